The summed E-state index contributed by atoms with van der Waals surface area (Å²) in [4.78, 5) is 12.8. The number of carbonyl (C=O) groups excluding carboxylic acids is 1. The number of halogens is 1. The lowest BCUT2D eigenvalue weighted by Crippen LogP contribution is -2.26. The fourth-order valence-corrected chi connectivity index (χ4v) is 3.95. The lowest BCUT2D eigenvalue weighted by molar-refractivity contribution is 0.0926. The van der Waals surface area contributed by atoms with Crippen molar-refractivity contribution < 1.29 is 9.21 Å². The van der Waals surface area contributed by atoms with Gasteiger partial charge in [0.2, 0.25) is 0 Å². The van der Waals surface area contributed by atoms with Crippen LogP contribution in [-0.2, 0) is 0 Å². The highest BCUT2D eigenvalue weighted by Gasteiger charge is 2.20. The minimum absolute atomic E-state index is 0.212. The first-order valence-electron chi connectivity index (χ1n) is 9.71. The average Bonchev–Trinajstić information content (AvgIpc) is 3.10. The molecular weight excluding hydrogens is 382 g/mol. The van der Waals surface area contributed by atoms with Crippen molar-refractivity contribution >= 4 is 28.5 Å². The molecule has 1 heterocycles. The Labute approximate surface area is 175 Å². The van der Waals surface area contributed by atoms with Gasteiger partial charge in [0.15, 0.2) is 11.3 Å². The number of benzene rings is 3. The number of carbonyl (C=O) groups is 1. The lowest BCUT2D eigenvalue weighted by atomic mass is 9.88. The molecule has 146 valence electrons. The molecule has 29 heavy (non-hydrogen) atoms. The number of nitrogens with one attached hydrogen (secondary N) is 1. The highest BCUT2D eigenvalue weighted by molar-refractivity contribution is 6.35. The highest BCUT2D eigenvalue weighted by Crippen LogP contribution is 2.31. The van der Waals surface area contributed by atoms with Crippen LogP contribution >= 0.6 is 11.6 Å². The summed E-state index contributed by atoms with van der Waals surface area (Å²) in [5, 5.41) is 4.40. The first-order chi connectivity index (χ1) is 14.1. The molecule has 3 aromatic carbocycles. The summed E-state index contributed by atoms with van der Waals surface area (Å²) < 4.78 is 5.77. The topological polar surface area (TPSA) is 42.2 Å². The molecule has 0 saturated carbocycles. The molecule has 4 heteroatoms. The van der Waals surface area contributed by atoms with Gasteiger partial charge in [-0.25, -0.2) is 0 Å². The van der Waals surface area contributed by atoms with Gasteiger partial charge in [-0.05, 0) is 30.5 Å². The van der Waals surface area contributed by atoms with E-state index in [1.54, 1.807) is 6.07 Å². The van der Waals surface area contributed by atoms with E-state index >= 15 is 0 Å². The van der Waals surface area contributed by atoms with Crippen molar-refractivity contribution in [1.82, 2.24) is 5.32 Å². The monoisotopic (exact) mass is 403 g/mol. The van der Waals surface area contributed by atoms with Crippen LogP contribution in [0.1, 0.15) is 39.6 Å². The number of para-hydroxylation sites is 1. The van der Waals surface area contributed by atoms with Crippen LogP contribution in [0.4, 0.5) is 0 Å². The van der Waals surface area contributed by atoms with Gasteiger partial charge in [-0.1, -0.05) is 84.4 Å². The summed E-state index contributed by atoms with van der Waals surface area (Å²) in [5.74, 6) is 0.322. The molecule has 4 aromatic rings. The van der Waals surface area contributed by atoms with Gasteiger partial charge < -0.3 is 9.73 Å². The first kappa shape index (κ1) is 19.3. The van der Waals surface area contributed by atoms with E-state index in [9.17, 15) is 4.79 Å². The number of rotatable bonds is 6. The van der Waals surface area contributed by atoms with Gasteiger partial charge in [0, 0.05) is 23.4 Å². The SMILES string of the molecule is Cc1c(C(=O)NCCC(c2ccccc2)c2ccccc2)oc2c(Cl)cccc12. The van der Waals surface area contributed by atoms with Gasteiger partial charge in [0.05, 0.1) is 5.02 Å². The van der Waals surface area contributed by atoms with E-state index in [1.165, 1.54) is 11.1 Å². The van der Waals surface area contributed by atoms with Crippen LogP contribution in [-0.4, -0.2) is 12.5 Å². The van der Waals surface area contributed by atoms with Gasteiger partial charge in [-0.15, -0.1) is 0 Å². The molecule has 0 saturated heterocycles. The summed E-state index contributed by atoms with van der Waals surface area (Å²) >= 11 is 6.20. The predicted octanol–water partition coefficient (Wildman–Crippen LogP) is 6.35. The Morgan fingerprint density at radius 1 is 0.931 bits per heavy atom. The van der Waals surface area contributed by atoms with E-state index in [1.807, 2.05) is 55.5 Å². The van der Waals surface area contributed by atoms with Gasteiger partial charge in [-0.3, -0.25) is 4.79 Å². The summed E-state index contributed by atoms with van der Waals surface area (Å²) in [5.41, 5.74) is 3.84. The Kier molecular flexibility index (Phi) is 5.68. The maximum atomic E-state index is 12.8. The van der Waals surface area contributed by atoms with Crippen LogP contribution in [0.5, 0.6) is 0 Å². The van der Waals surface area contributed by atoms with E-state index < -0.39 is 0 Å². The van der Waals surface area contributed by atoms with Crippen LogP contribution in [0.3, 0.4) is 0 Å². The largest absolute Gasteiger partial charge is 0.449 e. The zero-order valence-electron chi connectivity index (χ0n) is 16.2. The van der Waals surface area contributed by atoms with Crippen molar-refractivity contribution in [3.05, 3.63) is 106 Å². The summed E-state index contributed by atoms with van der Waals surface area (Å²) in [7, 11) is 0. The van der Waals surface area contributed by atoms with Crippen molar-refractivity contribution in [3.8, 4) is 0 Å². The van der Waals surface area contributed by atoms with Crippen LogP contribution in [0, 0.1) is 6.92 Å². The number of amides is 1. The quantitative estimate of drug-likeness (QED) is 0.407. The zero-order valence-corrected chi connectivity index (χ0v) is 16.9. The maximum Gasteiger partial charge on any atom is 0.287 e. The summed E-state index contributed by atoms with van der Waals surface area (Å²) in [6, 6.07) is 26.3. The summed E-state index contributed by atoms with van der Waals surface area (Å²) in [6.07, 6.45) is 0.791. The second-order valence-electron chi connectivity index (χ2n) is 7.09. The van der Waals surface area contributed by atoms with Gasteiger partial charge in [-0.2, -0.15) is 0 Å². The molecule has 1 N–H and O–H groups in total. The second kappa shape index (κ2) is 8.54. The molecule has 0 bridgehead atoms. The lowest BCUT2D eigenvalue weighted by Gasteiger charge is -2.18. The van der Waals surface area contributed by atoms with Crippen LogP contribution in [0.2, 0.25) is 5.02 Å². The Balaban J connectivity index is 1.50. The van der Waals surface area contributed by atoms with Crippen LogP contribution < -0.4 is 5.32 Å². The van der Waals surface area contributed by atoms with Crippen LogP contribution in [0.25, 0.3) is 11.0 Å². The molecule has 0 radical (unpaired) electrons. The maximum absolute atomic E-state index is 12.8. The molecule has 0 aliphatic carbocycles. The van der Waals surface area contributed by atoms with E-state index in [2.05, 4.69) is 29.6 Å². The van der Waals surface area contributed by atoms with E-state index in [-0.39, 0.29) is 11.8 Å². The normalized spacial score (nSPS) is 11.1. The first-order valence-corrected chi connectivity index (χ1v) is 10.1. The standard InChI is InChI=1S/C25H22ClNO2/c1-17-20-13-8-14-22(26)24(20)29-23(17)25(28)27-16-15-21(18-9-4-2-5-10-18)19-11-6-3-7-12-19/h2-14,21H,15-16H2,1H3,(H,27,28). The van der Waals surface area contributed by atoms with Crippen molar-refractivity contribution in [3.63, 3.8) is 0 Å². The van der Waals surface area contributed by atoms with Crippen molar-refractivity contribution in [2.24, 2.45) is 0 Å². The molecule has 1 aromatic heterocycles. The molecule has 1 amide bonds. The molecule has 0 spiro atoms. The predicted molar refractivity (Wildman–Crippen MR) is 118 cm³/mol. The van der Waals surface area contributed by atoms with Gasteiger partial charge in [0.1, 0.15) is 0 Å². The number of furan rings is 1. The third kappa shape index (κ3) is 4.06. The minimum atomic E-state index is -0.213. The molecule has 0 unspecified atom stereocenters. The third-order valence-corrected chi connectivity index (χ3v) is 5.54. The Morgan fingerprint density at radius 3 is 2.14 bits per heavy atom. The van der Waals surface area contributed by atoms with E-state index in [0.717, 1.165) is 17.4 Å². The Bertz CT molecular complexity index is 1080. The Morgan fingerprint density at radius 2 is 1.55 bits per heavy atom. The minimum Gasteiger partial charge on any atom is -0.449 e. The van der Waals surface area contributed by atoms with Crippen molar-refractivity contribution in [2.75, 3.05) is 6.54 Å². The molecule has 0 fully saturated rings. The second-order valence-corrected chi connectivity index (χ2v) is 7.50. The number of aryl methyl sites for hydroxylation is 1. The van der Waals surface area contributed by atoms with Gasteiger partial charge >= 0.3 is 0 Å². The highest BCUT2D eigenvalue weighted by atomic mass is 35.5. The molecule has 0 aliphatic rings. The van der Waals surface area contributed by atoms with E-state index in [4.69, 9.17) is 16.0 Å². The number of hydrogen-bond donors (Lipinski definition) is 1. The number of fused-ring (bicyclic) bond motifs is 1. The molecule has 3 nitrogen and oxygen atoms in total. The Hall–Kier alpha value is -3.04. The van der Waals surface area contributed by atoms with Crippen molar-refractivity contribution in [1.29, 1.82) is 0 Å². The fraction of sp³-hybridized carbons (Fsp3) is 0.160. The molecule has 4 rings (SSSR count). The van der Waals surface area contributed by atoms with Gasteiger partial charge in [0.25, 0.3) is 5.91 Å². The molecule has 0 atom stereocenters. The number of hydrogen-bond acceptors (Lipinski definition) is 2. The third-order valence-electron chi connectivity index (χ3n) is 5.24. The van der Waals surface area contributed by atoms with Crippen molar-refractivity contribution in [2.45, 2.75) is 19.3 Å². The summed E-state index contributed by atoms with van der Waals surface area (Å²) in [6.45, 7) is 2.42. The van der Waals surface area contributed by atoms with E-state index in [0.29, 0.717) is 22.9 Å². The average molecular weight is 404 g/mol. The molecular formula is C25H22ClNO2. The fourth-order valence-electron chi connectivity index (χ4n) is 3.73. The van der Waals surface area contributed by atoms with Crippen LogP contribution in [0.15, 0.2) is 83.3 Å². The zero-order chi connectivity index (χ0) is 20.2. The smallest absolute Gasteiger partial charge is 0.287 e. The molecule has 0 aliphatic heterocycles.